The summed E-state index contributed by atoms with van der Waals surface area (Å²) in [6.45, 7) is 2.48. The number of benzene rings is 3. The number of hydrogen-bond acceptors (Lipinski definition) is 4. The summed E-state index contributed by atoms with van der Waals surface area (Å²) in [5.74, 6) is -0.153. The summed E-state index contributed by atoms with van der Waals surface area (Å²) in [5, 5.41) is 9.34. The normalized spacial score (nSPS) is 17.2. The molecule has 0 aliphatic carbocycles. The predicted octanol–water partition coefficient (Wildman–Crippen LogP) is 4.54. The number of nitrogen functional groups attached to an aromatic ring is 1. The smallest absolute Gasteiger partial charge is 0.322 e. The van der Waals surface area contributed by atoms with E-state index in [9.17, 15) is 9.59 Å². The van der Waals surface area contributed by atoms with Crippen molar-refractivity contribution in [1.29, 1.82) is 0 Å². The molecule has 7 nitrogen and oxygen atoms in total. The van der Waals surface area contributed by atoms with Crippen LogP contribution in [0.1, 0.15) is 45.9 Å². The number of carbonyl (C=O) groups is 2. The van der Waals surface area contributed by atoms with E-state index >= 15 is 0 Å². The summed E-state index contributed by atoms with van der Waals surface area (Å²) >= 11 is 0. The Morgan fingerprint density at radius 1 is 0.941 bits per heavy atom. The molecule has 0 spiro atoms. The Morgan fingerprint density at radius 3 is 2.68 bits per heavy atom. The van der Waals surface area contributed by atoms with Gasteiger partial charge in [0.05, 0.1) is 6.04 Å². The van der Waals surface area contributed by atoms with Gasteiger partial charge in [0.25, 0.3) is 5.91 Å². The maximum Gasteiger partial charge on any atom is 0.322 e. The van der Waals surface area contributed by atoms with Crippen LogP contribution in [-0.4, -0.2) is 29.9 Å². The Labute approximate surface area is 199 Å². The average Bonchev–Trinajstić information content (AvgIpc) is 3.34. The van der Waals surface area contributed by atoms with E-state index in [0.717, 1.165) is 43.6 Å². The Kier molecular flexibility index (Phi) is 6.18. The number of anilines is 3. The number of likely N-dealkylation sites (tertiary alicyclic amines) is 1. The van der Waals surface area contributed by atoms with Gasteiger partial charge in [0.15, 0.2) is 0 Å². The molecule has 3 aromatic rings. The highest BCUT2D eigenvalue weighted by Crippen LogP contribution is 2.33. The van der Waals surface area contributed by atoms with E-state index in [-0.39, 0.29) is 18.0 Å². The fourth-order valence-corrected chi connectivity index (χ4v) is 4.82. The van der Waals surface area contributed by atoms with Crippen LogP contribution in [0.15, 0.2) is 66.7 Å². The van der Waals surface area contributed by atoms with Crippen LogP contribution in [-0.2, 0) is 13.0 Å². The number of rotatable bonds is 4. The van der Waals surface area contributed by atoms with Crippen LogP contribution in [0.4, 0.5) is 21.9 Å². The molecule has 2 heterocycles. The van der Waals surface area contributed by atoms with Gasteiger partial charge in [-0.2, -0.15) is 0 Å². The van der Waals surface area contributed by atoms with E-state index in [1.165, 1.54) is 11.1 Å². The first kappa shape index (κ1) is 22.0. The lowest BCUT2D eigenvalue weighted by atomic mass is 10.00. The van der Waals surface area contributed by atoms with Gasteiger partial charge in [-0.05, 0) is 85.0 Å². The van der Waals surface area contributed by atoms with Crippen LogP contribution in [0.5, 0.6) is 0 Å². The van der Waals surface area contributed by atoms with E-state index in [1.807, 2.05) is 53.4 Å². The fourth-order valence-electron chi connectivity index (χ4n) is 4.82. The second-order valence-corrected chi connectivity index (χ2v) is 8.90. The van der Waals surface area contributed by atoms with Gasteiger partial charge in [0, 0.05) is 35.7 Å². The van der Waals surface area contributed by atoms with Crippen LogP contribution in [0.2, 0.25) is 0 Å². The number of nitrogens with zero attached hydrogens (tertiary/aromatic N) is 1. The summed E-state index contributed by atoms with van der Waals surface area (Å²) < 4.78 is 0. The van der Waals surface area contributed by atoms with Crippen molar-refractivity contribution in [2.45, 2.75) is 31.8 Å². The molecule has 1 saturated heterocycles. The SMILES string of the molecule is Nc1cccc(NC(=O)N2CCCC2c2cccc(C(=O)Nc3ccc4c(c3)CNCC4)c2)c1. The zero-order valence-corrected chi connectivity index (χ0v) is 19.0. The van der Waals surface area contributed by atoms with Gasteiger partial charge >= 0.3 is 6.03 Å². The number of carbonyl (C=O) groups excluding carboxylic acids is 2. The van der Waals surface area contributed by atoms with E-state index in [0.29, 0.717) is 23.5 Å². The van der Waals surface area contributed by atoms with Crippen molar-refractivity contribution in [1.82, 2.24) is 10.2 Å². The van der Waals surface area contributed by atoms with Crippen LogP contribution >= 0.6 is 0 Å². The Balaban J connectivity index is 1.30. The lowest BCUT2D eigenvalue weighted by Crippen LogP contribution is -2.34. The van der Waals surface area contributed by atoms with Gasteiger partial charge in [-0.1, -0.05) is 24.3 Å². The highest BCUT2D eigenvalue weighted by Gasteiger charge is 2.30. The van der Waals surface area contributed by atoms with Gasteiger partial charge in [-0.3, -0.25) is 4.79 Å². The predicted molar refractivity (Wildman–Crippen MR) is 135 cm³/mol. The van der Waals surface area contributed by atoms with Gasteiger partial charge < -0.3 is 26.6 Å². The fraction of sp³-hybridized carbons (Fsp3) is 0.259. The molecule has 174 valence electrons. The van der Waals surface area contributed by atoms with Gasteiger partial charge in [0.2, 0.25) is 0 Å². The first-order valence-electron chi connectivity index (χ1n) is 11.7. The molecule has 1 fully saturated rings. The van der Waals surface area contributed by atoms with E-state index < -0.39 is 0 Å². The highest BCUT2D eigenvalue weighted by atomic mass is 16.2. The van der Waals surface area contributed by atoms with Gasteiger partial charge in [-0.25, -0.2) is 4.79 Å². The third-order valence-corrected chi connectivity index (χ3v) is 6.54. The standard InChI is InChI=1S/C27H29N5O2/c28-22-6-2-7-23(16-22)31-27(34)32-13-3-8-25(32)19-4-1-5-20(14-19)26(33)30-24-10-9-18-11-12-29-17-21(18)15-24/h1-2,4-7,9-10,14-16,25,29H,3,8,11-13,17,28H2,(H,30,33)(H,31,34). The summed E-state index contributed by atoms with van der Waals surface area (Å²) in [6.07, 6.45) is 2.77. The summed E-state index contributed by atoms with van der Waals surface area (Å²) in [7, 11) is 0. The molecule has 34 heavy (non-hydrogen) atoms. The number of fused-ring (bicyclic) bond motifs is 1. The molecule has 0 saturated carbocycles. The molecule has 2 aliphatic heterocycles. The van der Waals surface area contributed by atoms with E-state index in [2.05, 4.69) is 22.0 Å². The Hall–Kier alpha value is -3.84. The van der Waals surface area contributed by atoms with Crippen molar-refractivity contribution in [3.8, 4) is 0 Å². The summed E-state index contributed by atoms with van der Waals surface area (Å²) in [5.41, 5.74) is 12.0. The second kappa shape index (κ2) is 9.57. The maximum atomic E-state index is 13.0. The van der Waals surface area contributed by atoms with E-state index in [4.69, 9.17) is 5.73 Å². The zero-order valence-electron chi connectivity index (χ0n) is 19.0. The molecule has 1 atom stereocenters. The van der Waals surface area contributed by atoms with Crippen LogP contribution in [0.3, 0.4) is 0 Å². The number of amides is 3. The number of nitrogens with one attached hydrogen (secondary N) is 3. The van der Waals surface area contributed by atoms with Gasteiger partial charge in [-0.15, -0.1) is 0 Å². The molecule has 2 aliphatic rings. The molecule has 5 rings (SSSR count). The topological polar surface area (TPSA) is 99.5 Å². The minimum absolute atomic E-state index is 0.0800. The lowest BCUT2D eigenvalue weighted by molar-refractivity contribution is 0.102. The van der Waals surface area contributed by atoms with Crippen molar-refractivity contribution in [2.75, 3.05) is 29.5 Å². The minimum atomic E-state index is -0.161. The number of hydrogen-bond donors (Lipinski definition) is 4. The molecule has 7 heteroatoms. The average molecular weight is 456 g/mol. The van der Waals surface area contributed by atoms with E-state index in [1.54, 1.807) is 12.1 Å². The van der Waals surface area contributed by atoms with Crippen molar-refractivity contribution >= 4 is 29.0 Å². The maximum absolute atomic E-state index is 13.0. The summed E-state index contributed by atoms with van der Waals surface area (Å²) in [6, 6.07) is 20.6. The Morgan fingerprint density at radius 2 is 1.79 bits per heavy atom. The van der Waals surface area contributed by atoms with Crippen molar-refractivity contribution in [3.63, 3.8) is 0 Å². The minimum Gasteiger partial charge on any atom is -0.399 e. The largest absolute Gasteiger partial charge is 0.399 e. The van der Waals surface area contributed by atoms with Gasteiger partial charge in [0.1, 0.15) is 0 Å². The lowest BCUT2D eigenvalue weighted by Gasteiger charge is -2.26. The third kappa shape index (κ3) is 4.75. The molecule has 0 radical (unpaired) electrons. The molecule has 5 N–H and O–H groups in total. The van der Waals surface area contributed by atoms with Crippen LogP contribution < -0.4 is 21.7 Å². The summed E-state index contributed by atoms with van der Waals surface area (Å²) in [4.78, 5) is 27.8. The first-order valence-corrected chi connectivity index (χ1v) is 11.7. The molecule has 3 amide bonds. The second-order valence-electron chi connectivity index (χ2n) is 8.90. The molecule has 0 aromatic heterocycles. The van der Waals surface area contributed by atoms with Crippen LogP contribution in [0, 0.1) is 0 Å². The number of nitrogens with two attached hydrogens (primary N) is 1. The molecule has 3 aromatic carbocycles. The highest BCUT2D eigenvalue weighted by molar-refractivity contribution is 6.04. The molecular formula is C27H29N5O2. The van der Waals surface area contributed by atoms with Crippen molar-refractivity contribution in [2.24, 2.45) is 0 Å². The zero-order chi connectivity index (χ0) is 23.5. The van der Waals surface area contributed by atoms with Crippen molar-refractivity contribution in [3.05, 3.63) is 89.0 Å². The van der Waals surface area contributed by atoms with Crippen molar-refractivity contribution < 1.29 is 9.59 Å². The molecular weight excluding hydrogens is 426 g/mol. The molecule has 1 unspecified atom stereocenters. The van der Waals surface area contributed by atoms with Crippen LogP contribution in [0.25, 0.3) is 0 Å². The quantitative estimate of drug-likeness (QED) is 0.434. The third-order valence-electron chi connectivity index (χ3n) is 6.54. The number of urea groups is 1. The monoisotopic (exact) mass is 455 g/mol. The molecule has 0 bridgehead atoms. The Bertz CT molecular complexity index is 1230. The first-order chi connectivity index (χ1) is 16.6.